The lowest BCUT2D eigenvalue weighted by atomic mass is 9.71. The van der Waals surface area contributed by atoms with Gasteiger partial charge in [-0.15, -0.1) is 0 Å². The average molecular weight is 505 g/mol. The van der Waals surface area contributed by atoms with Gasteiger partial charge in [-0.3, -0.25) is 9.47 Å². The maximum absolute atomic E-state index is 13.0. The van der Waals surface area contributed by atoms with Crippen LogP contribution in [0.3, 0.4) is 0 Å². The topological polar surface area (TPSA) is 70.0 Å². The number of esters is 1. The first-order chi connectivity index (χ1) is 17.6. The molecule has 1 aromatic heterocycles. The Labute approximate surface area is 218 Å². The second kappa shape index (κ2) is 9.53. The van der Waals surface area contributed by atoms with Crippen molar-refractivity contribution >= 4 is 23.0 Å². The van der Waals surface area contributed by atoms with Crippen LogP contribution in [0.4, 0.5) is 4.79 Å². The number of aryl methyl sites for hydroxylation is 1. The molecule has 2 aliphatic rings. The van der Waals surface area contributed by atoms with Gasteiger partial charge in [0.2, 0.25) is 0 Å². The highest BCUT2D eigenvalue weighted by molar-refractivity contribution is 5.95. The highest BCUT2D eigenvalue weighted by Gasteiger charge is 2.47. The Balaban J connectivity index is 1.51. The predicted octanol–water partition coefficient (Wildman–Crippen LogP) is 6.11. The maximum Gasteiger partial charge on any atom is 0.419 e. The van der Waals surface area contributed by atoms with Crippen molar-refractivity contribution in [3.63, 3.8) is 0 Å². The number of methoxy groups -OCH3 is 2. The van der Waals surface area contributed by atoms with Gasteiger partial charge in [-0.2, -0.15) is 0 Å². The summed E-state index contributed by atoms with van der Waals surface area (Å²) in [6, 6.07) is 12.1. The first-order valence-corrected chi connectivity index (χ1v) is 12.9. The van der Waals surface area contributed by atoms with Crippen molar-refractivity contribution in [1.82, 2.24) is 9.47 Å². The summed E-state index contributed by atoms with van der Waals surface area (Å²) < 4.78 is 18.0. The summed E-state index contributed by atoms with van der Waals surface area (Å²) in [5, 5.41) is 1.00. The molecule has 1 saturated carbocycles. The van der Waals surface area contributed by atoms with Gasteiger partial charge in [0.15, 0.2) is 0 Å². The van der Waals surface area contributed by atoms with Crippen LogP contribution in [0.15, 0.2) is 42.6 Å². The minimum Gasteiger partial charge on any atom is -0.496 e. The van der Waals surface area contributed by atoms with Crippen molar-refractivity contribution in [2.75, 3.05) is 20.8 Å². The van der Waals surface area contributed by atoms with E-state index in [9.17, 15) is 9.59 Å². The molecule has 3 atom stereocenters. The van der Waals surface area contributed by atoms with Gasteiger partial charge in [0.25, 0.3) is 0 Å². The Bertz CT molecular complexity index is 1330. The molecule has 196 valence electrons. The molecule has 5 rings (SSSR count). The maximum atomic E-state index is 13.0. The number of likely N-dealkylation sites (tertiary alicyclic amines) is 1. The molecule has 0 radical (unpaired) electrons. The van der Waals surface area contributed by atoms with Gasteiger partial charge in [-0.25, -0.2) is 9.59 Å². The highest BCUT2D eigenvalue weighted by Crippen LogP contribution is 2.53. The molecule has 2 fully saturated rings. The highest BCUT2D eigenvalue weighted by atomic mass is 16.6. The SMILES string of the molecule is COC(=O)c1ccc([C@@H]2C3CCC3CN2Cc2c(OC)cc(C)c3c2ccn3C(=O)OC(C)(C)C)cc1. The van der Waals surface area contributed by atoms with E-state index in [0.29, 0.717) is 23.9 Å². The first kappa shape index (κ1) is 25.3. The van der Waals surface area contributed by atoms with Crippen LogP contribution in [0.5, 0.6) is 5.75 Å². The third-order valence-corrected chi connectivity index (χ3v) is 7.82. The molecule has 2 aromatic carbocycles. The zero-order valence-electron chi connectivity index (χ0n) is 22.5. The normalized spacial score (nSPS) is 21.4. The Morgan fingerprint density at radius 3 is 2.38 bits per heavy atom. The Morgan fingerprint density at radius 2 is 1.78 bits per heavy atom. The number of carbonyl (C=O) groups excluding carboxylic acids is 2. The van der Waals surface area contributed by atoms with Crippen LogP contribution >= 0.6 is 0 Å². The summed E-state index contributed by atoms with van der Waals surface area (Å²) >= 11 is 0. The monoisotopic (exact) mass is 504 g/mol. The summed E-state index contributed by atoms with van der Waals surface area (Å²) in [6.07, 6.45) is 3.86. The molecular weight excluding hydrogens is 468 g/mol. The molecule has 1 aliphatic carbocycles. The van der Waals surface area contributed by atoms with E-state index in [1.54, 1.807) is 17.9 Å². The van der Waals surface area contributed by atoms with E-state index in [2.05, 4.69) is 17.0 Å². The molecule has 2 heterocycles. The Kier molecular flexibility index (Phi) is 6.52. The number of ether oxygens (including phenoxy) is 3. The van der Waals surface area contributed by atoms with E-state index in [-0.39, 0.29) is 18.1 Å². The fraction of sp³-hybridized carbons (Fsp3) is 0.467. The molecule has 3 aromatic rings. The van der Waals surface area contributed by atoms with E-state index >= 15 is 0 Å². The average Bonchev–Trinajstić information content (AvgIpc) is 3.39. The summed E-state index contributed by atoms with van der Waals surface area (Å²) in [5.41, 5.74) is 4.08. The van der Waals surface area contributed by atoms with E-state index in [0.717, 1.165) is 34.3 Å². The lowest BCUT2D eigenvalue weighted by Gasteiger charge is -2.34. The fourth-order valence-electron chi connectivity index (χ4n) is 6.05. The van der Waals surface area contributed by atoms with Gasteiger partial charge >= 0.3 is 12.1 Å². The number of fused-ring (bicyclic) bond motifs is 2. The third-order valence-electron chi connectivity index (χ3n) is 7.82. The van der Waals surface area contributed by atoms with Gasteiger partial charge in [0.1, 0.15) is 11.4 Å². The van der Waals surface area contributed by atoms with Gasteiger partial charge in [0.05, 0.1) is 25.3 Å². The van der Waals surface area contributed by atoms with Crippen LogP contribution in [0.1, 0.15) is 66.7 Å². The summed E-state index contributed by atoms with van der Waals surface area (Å²) in [4.78, 5) is 27.5. The molecule has 1 saturated heterocycles. The van der Waals surface area contributed by atoms with Crippen LogP contribution in [-0.2, 0) is 16.0 Å². The molecule has 0 amide bonds. The molecule has 1 aliphatic heterocycles. The van der Waals surface area contributed by atoms with Gasteiger partial charge in [0, 0.05) is 36.3 Å². The van der Waals surface area contributed by atoms with Crippen molar-refractivity contribution in [1.29, 1.82) is 0 Å². The van der Waals surface area contributed by atoms with E-state index < -0.39 is 5.60 Å². The fourth-order valence-corrected chi connectivity index (χ4v) is 6.05. The molecule has 0 spiro atoms. The van der Waals surface area contributed by atoms with Crippen LogP contribution in [0.25, 0.3) is 10.9 Å². The quantitative estimate of drug-likeness (QED) is 0.391. The molecule has 0 bridgehead atoms. The van der Waals surface area contributed by atoms with Gasteiger partial charge in [-0.1, -0.05) is 12.1 Å². The lowest BCUT2D eigenvalue weighted by molar-refractivity contribution is 0.0542. The molecule has 0 N–H and O–H groups in total. The number of carbonyl (C=O) groups is 2. The smallest absolute Gasteiger partial charge is 0.419 e. The largest absolute Gasteiger partial charge is 0.496 e. The van der Waals surface area contributed by atoms with E-state index in [1.807, 2.05) is 52.0 Å². The lowest BCUT2D eigenvalue weighted by Crippen LogP contribution is -2.27. The van der Waals surface area contributed by atoms with Crippen LogP contribution < -0.4 is 4.74 Å². The van der Waals surface area contributed by atoms with Crippen molar-refractivity contribution in [3.05, 3.63) is 64.8 Å². The predicted molar refractivity (Wildman–Crippen MR) is 142 cm³/mol. The van der Waals surface area contributed by atoms with Crippen LogP contribution in [0.2, 0.25) is 0 Å². The minimum absolute atomic E-state index is 0.263. The van der Waals surface area contributed by atoms with E-state index in [1.165, 1.54) is 25.5 Å². The Hall–Kier alpha value is -3.32. The molecule has 7 nitrogen and oxygen atoms in total. The minimum atomic E-state index is -0.581. The molecule has 37 heavy (non-hydrogen) atoms. The number of benzene rings is 2. The number of nitrogens with zero attached hydrogens (tertiary/aromatic N) is 2. The third kappa shape index (κ3) is 4.61. The summed E-state index contributed by atoms with van der Waals surface area (Å²) in [6.45, 7) is 9.33. The number of rotatable bonds is 5. The zero-order valence-corrected chi connectivity index (χ0v) is 22.5. The van der Waals surface area contributed by atoms with Gasteiger partial charge in [-0.05, 0) is 87.8 Å². The molecule has 2 unspecified atom stereocenters. The van der Waals surface area contributed by atoms with Gasteiger partial charge < -0.3 is 14.2 Å². The summed E-state index contributed by atoms with van der Waals surface area (Å²) in [7, 11) is 3.10. The van der Waals surface area contributed by atoms with Crippen molar-refractivity contribution in [2.24, 2.45) is 11.8 Å². The second-order valence-corrected chi connectivity index (χ2v) is 11.3. The van der Waals surface area contributed by atoms with Crippen LogP contribution in [-0.4, -0.2) is 47.9 Å². The molecular formula is C30H36N2O5. The number of hydrogen-bond donors (Lipinski definition) is 0. The van der Waals surface area contributed by atoms with Crippen molar-refractivity contribution in [3.8, 4) is 5.75 Å². The zero-order chi connectivity index (χ0) is 26.5. The second-order valence-electron chi connectivity index (χ2n) is 11.3. The number of hydrogen-bond acceptors (Lipinski definition) is 6. The van der Waals surface area contributed by atoms with E-state index in [4.69, 9.17) is 14.2 Å². The van der Waals surface area contributed by atoms with Crippen molar-refractivity contribution in [2.45, 2.75) is 58.7 Å². The first-order valence-electron chi connectivity index (χ1n) is 12.9. The number of aromatic nitrogens is 1. The Morgan fingerprint density at radius 1 is 1.05 bits per heavy atom. The van der Waals surface area contributed by atoms with Crippen molar-refractivity contribution < 1.29 is 23.8 Å². The standard InChI is InChI=1S/C30H36N2O5/c1-18-15-25(35-5)24(23-13-14-32(26(18)23)29(34)37-30(2,3)4)17-31-16-21-11-12-22(21)27(31)19-7-9-20(10-8-19)28(33)36-6/h7-10,13-15,21-22,27H,11-12,16-17H2,1-6H3/t21?,22?,27-/m1/s1. The van der Waals surface area contributed by atoms with Crippen LogP contribution in [0, 0.1) is 18.8 Å². The molecule has 7 heteroatoms. The summed E-state index contributed by atoms with van der Waals surface area (Å²) in [5.74, 6) is 1.77.